The van der Waals surface area contributed by atoms with Crippen LogP contribution in [0.1, 0.15) is 11.5 Å². The molecule has 0 aromatic heterocycles. The van der Waals surface area contributed by atoms with Crippen molar-refractivity contribution in [2.45, 2.75) is 5.92 Å². The smallest absolute Gasteiger partial charge is 0.237 e. The van der Waals surface area contributed by atoms with E-state index in [1.807, 2.05) is 36.4 Å². The third-order valence-corrected chi connectivity index (χ3v) is 3.38. The summed E-state index contributed by atoms with van der Waals surface area (Å²) in [6.07, 6.45) is 1.66. The van der Waals surface area contributed by atoms with Crippen molar-refractivity contribution in [2.24, 2.45) is 4.99 Å². The Hall–Kier alpha value is -2.13. The molecule has 94 valence electrons. The molecule has 4 heteroatoms. The summed E-state index contributed by atoms with van der Waals surface area (Å²) in [4.78, 5) is 16.5. The van der Waals surface area contributed by atoms with Gasteiger partial charge in [0, 0.05) is 6.21 Å². The van der Waals surface area contributed by atoms with Crippen molar-refractivity contribution in [3.8, 4) is 0 Å². The van der Waals surface area contributed by atoms with Crippen LogP contribution in [0.5, 0.6) is 0 Å². The molecular formula is C15H11ClN2O. The van der Waals surface area contributed by atoms with Gasteiger partial charge in [-0.15, -0.1) is 0 Å². The van der Waals surface area contributed by atoms with E-state index in [-0.39, 0.29) is 11.8 Å². The van der Waals surface area contributed by atoms with E-state index in [0.29, 0.717) is 10.7 Å². The van der Waals surface area contributed by atoms with E-state index < -0.39 is 0 Å². The number of amides is 1. The number of anilines is 1. The summed E-state index contributed by atoms with van der Waals surface area (Å²) in [7, 11) is 0. The largest absolute Gasteiger partial charge is 0.324 e. The molecule has 0 spiro atoms. The lowest BCUT2D eigenvalue weighted by molar-refractivity contribution is -0.116. The maximum atomic E-state index is 12.3. The molecule has 0 saturated carbocycles. The number of hydrogen-bond acceptors (Lipinski definition) is 2. The minimum atomic E-state index is -0.354. The number of para-hydroxylation sites is 2. The number of carbonyl (C=O) groups is 1. The molecule has 0 radical (unpaired) electrons. The fourth-order valence-corrected chi connectivity index (χ4v) is 2.27. The molecule has 2 aromatic rings. The van der Waals surface area contributed by atoms with Gasteiger partial charge in [0.25, 0.3) is 0 Å². The van der Waals surface area contributed by atoms with E-state index in [2.05, 4.69) is 10.3 Å². The Kier molecular flexibility index (Phi) is 3.05. The second-order valence-corrected chi connectivity index (χ2v) is 4.69. The lowest BCUT2D eigenvalue weighted by Gasteiger charge is -2.11. The molecule has 3 nitrogen and oxygen atoms in total. The third-order valence-electron chi connectivity index (χ3n) is 3.05. The van der Waals surface area contributed by atoms with E-state index >= 15 is 0 Å². The van der Waals surface area contributed by atoms with E-state index in [1.165, 1.54) is 0 Å². The molecule has 2 aromatic carbocycles. The normalized spacial score (nSPS) is 16.2. The summed E-state index contributed by atoms with van der Waals surface area (Å²) in [5.41, 5.74) is 2.39. The average Bonchev–Trinajstić information content (AvgIpc) is 2.85. The van der Waals surface area contributed by atoms with Crippen LogP contribution >= 0.6 is 11.6 Å². The van der Waals surface area contributed by atoms with Crippen LogP contribution < -0.4 is 5.32 Å². The fourth-order valence-electron chi connectivity index (χ4n) is 2.09. The first kappa shape index (κ1) is 11.9. The molecule has 1 unspecified atom stereocenters. The Morgan fingerprint density at radius 3 is 2.68 bits per heavy atom. The van der Waals surface area contributed by atoms with Gasteiger partial charge in [-0.2, -0.15) is 0 Å². The average molecular weight is 271 g/mol. The predicted octanol–water partition coefficient (Wildman–Crippen LogP) is 3.78. The Bertz CT molecular complexity index is 667. The van der Waals surface area contributed by atoms with Crippen LogP contribution in [-0.2, 0) is 4.79 Å². The van der Waals surface area contributed by atoms with Crippen molar-refractivity contribution in [1.82, 2.24) is 0 Å². The molecule has 1 N–H and O–H groups in total. The molecule has 0 bridgehead atoms. The number of hydrogen-bond donors (Lipinski definition) is 1. The minimum Gasteiger partial charge on any atom is -0.324 e. The first-order valence-electron chi connectivity index (χ1n) is 5.94. The van der Waals surface area contributed by atoms with Crippen molar-refractivity contribution in [3.05, 3.63) is 59.1 Å². The zero-order valence-electron chi connectivity index (χ0n) is 10.0. The van der Waals surface area contributed by atoms with Crippen molar-refractivity contribution in [1.29, 1.82) is 0 Å². The second kappa shape index (κ2) is 4.86. The van der Waals surface area contributed by atoms with Crippen molar-refractivity contribution < 1.29 is 4.79 Å². The molecule has 19 heavy (non-hydrogen) atoms. The van der Waals surface area contributed by atoms with E-state index in [1.54, 1.807) is 18.3 Å². The zero-order valence-corrected chi connectivity index (χ0v) is 10.8. The van der Waals surface area contributed by atoms with E-state index in [9.17, 15) is 4.79 Å². The monoisotopic (exact) mass is 270 g/mol. The SMILES string of the molecule is O=C(Nc1ccccc1Cl)C1C=Nc2ccccc21. The van der Waals surface area contributed by atoms with Gasteiger partial charge in [-0.05, 0) is 23.8 Å². The number of carbonyl (C=O) groups excluding carboxylic acids is 1. The summed E-state index contributed by atoms with van der Waals surface area (Å²) < 4.78 is 0. The first-order valence-corrected chi connectivity index (χ1v) is 6.32. The number of fused-ring (bicyclic) bond motifs is 1. The van der Waals surface area contributed by atoms with E-state index in [4.69, 9.17) is 11.6 Å². The van der Waals surface area contributed by atoms with Crippen LogP contribution in [0.3, 0.4) is 0 Å². The number of rotatable bonds is 2. The highest BCUT2D eigenvalue weighted by Gasteiger charge is 2.25. The van der Waals surface area contributed by atoms with Gasteiger partial charge in [0.15, 0.2) is 0 Å². The Balaban J connectivity index is 1.84. The summed E-state index contributed by atoms with van der Waals surface area (Å²) in [6.45, 7) is 0. The summed E-state index contributed by atoms with van der Waals surface area (Å²) in [6, 6.07) is 14.8. The molecule has 1 aliphatic heterocycles. The molecule has 1 aliphatic rings. The van der Waals surface area contributed by atoms with Gasteiger partial charge in [-0.1, -0.05) is 41.9 Å². The van der Waals surface area contributed by atoms with Crippen molar-refractivity contribution >= 4 is 35.1 Å². The first-order chi connectivity index (χ1) is 9.25. The quantitative estimate of drug-likeness (QED) is 0.886. The summed E-state index contributed by atoms with van der Waals surface area (Å²) in [5.74, 6) is -0.478. The van der Waals surface area contributed by atoms with Crippen molar-refractivity contribution in [3.63, 3.8) is 0 Å². The lowest BCUT2D eigenvalue weighted by atomic mass is 10.0. The van der Waals surface area contributed by atoms with Gasteiger partial charge in [-0.3, -0.25) is 9.79 Å². The van der Waals surface area contributed by atoms with Crippen LogP contribution in [0.4, 0.5) is 11.4 Å². The topological polar surface area (TPSA) is 41.5 Å². The number of halogens is 1. The Labute approximate surface area is 115 Å². The molecule has 1 amide bonds. The Morgan fingerprint density at radius 1 is 1.11 bits per heavy atom. The third kappa shape index (κ3) is 2.25. The number of aliphatic imine (C=N–C) groups is 1. The predicted molar refractivity (Wildman–Crippen MR) is 77.4 cm³/mol. The molecule has 1 atom stereocenters. The van der Waals surface area contributed by atoms with Crippen LogP contribution in [-0.4, -0.2) is 12.1 Å². The number of nitrogens with zero attached hydrogens (tertiary/aromatic N) is 1. The van der Waals surface area contributed by atoms with Gasteiger partial charge in [0.05, 0.1) is 16.4 Å². The van der Waals surface area contributed by atoms with Gasteiger partial charge in [0.2, 0.25) is 5.91 Å². The molecule has 0 saturated heterocycles. The van der Waals surface area contributed by atoms with Crippen LogP contribution in [0.15, 0.2) is 53.5 Å². The highest BCUT2D eigenvalue weighted by Crippen LogP contribution is 2.32. The summed E-state index contributed by atoms with van der Waals surface area (Å²) in [5, 5.41) is 3.36. The maximum absolute atomic E-state index is 12.3. The fraction of sp³-hybridized carbons (Fsp3) is 0.0667. The standard InChI is InChI=1S/C15H11ClN2O/c16-12-6-2-4-8-14(12)18-15(19)11-9-17-13-7-3-1-5-10(11)13/h1-9,11H,(H,18,19). The van der Waals surface area contributed by atoms with E-state index in [0.717, 1.165) is 11.3 Å². The molecule has 0 fully saturated rings. The highest BCUT2D eigenvalue weighted by atomic mass is 35.5. The minimum absolute atomic E-state index is 0.123. The number of benzene rings is 2. The molecule has 1 heterocycles. The van der Waals surface area contributed by atoms with Gasteiger partial charge in [0.1, 0.15) is 5.92 Å². The lowest BCUT2D eigenvalue weighted by Crippen LogP contribution is -2.20. The van der Waals surface area contributed by atoms with Gasteiger partial charge >= 0.3 is 0 Å². The van der Waals surface area contributed by atoms with Crippen LogP contribution in [0.25, 0.3) is 0 Å². The summed E-state index contributed by atoms with van der Waals surface area (Å²) >= 11 is 6.03. The van der Waals surface area contributed by atoms with Gasteiger partial charge in [-0.25, -0.2) is 0 Å². The van der Waals surface area contributed by atoms with Crippen molar-refractivity contribution in [2.75, 3.05) is 5.32 Å². The Morgan fingerprint density at radius 2 is 1.84 bits per heavy atom. The second-order valence-electron chi connectivity index (χ2n) is 4.28. The highest BCUT2D eigenvalue weighted by molar-refractivity contribution is 6.33. The maximum Gasteiger partial charge on any atom is 0.237 e. The molecule has 3 rings (SSSR count). The van der Waals surface area contributed by atoms with Crippen LogP contribution in [0, 0.1) is 0 Å². The van der Waals surface area contributed by atoms with Gasteiger partial charge < -0.3 is 5.32 Å². The number of nitrogens with one attached hydrogen (secondary N) is 1. The van der Waals surface area contributed by atoms with Crippen LogP contribution in [0.2, 0.25) is 5.02 Å². The molecular weight excluding hydrogens is 260 g/mol. The zero-order chi connectivity index (χ0) is 13.2. The molecule has 0 aliphatic carbocycles.